The second-order valence-corrected chi connectivity index (χ2v) is 4.43. The Morgan fingerprint density at radius 1 is 1.40 bits per heavy atom. The Bertz CT molecular complexity index is 551. The van der Waals surface area contributed by atoms with E-state index in [9.17, 15) is 14.7 Å². The number of phenols is 1. The molecular formula is C14H16N2O4. The lowest BCUT2D eigenvalue weighted by molar-refractivity contribution is -0.153. The Morgan fingerprint density at radius 2 is 2.05 bits per heavy atom. The third kappa shape index (κ3) is 2.79. The van der Waals surface area contributed by atoms with Crippen LogP contribution in [0.5, 0.6) is 5.75 Å². The van der Waals surface area contributed by atoms with Crippen molar-refractivity contribution in [3.8, 4) is 5.75 Å². The molecule has 20 heavy (non-hydrogen) atoms. The molecule has 0 radical (unpaired) electrons. The van der Waals surface area contributed by atoms with E-state index in [4.69, 9.17) is 4.74 Å². The molecule has 1 aliphatic rings. The summed E-state index contributed by atoms with van der Waals surface area (Å²) in [4.78, 5) is 23.4. The van der Waals surface area contributed by atoms with E-state index in [2.05, 4.69) is 5.10 Å². The van der Waals surface area contributed by atoms with Crippen LogP contribution in [0.25, 0.3) is 0 Å². The molecule has 0 saturated carbocycles. The van der Waals surface area contributed by atoms with Crippen molar-refractivity contribution >= 4 is 17.6 Å². The summed E-state index contributed by atoms with van der Waals surface area (Å²) >= 11 is 0. The van der Waals surface area contributed by atoms with Gasteiger partial charge in [0.25, 0.3) is 0 Å². The van der Waals surface area contributed by atoms with Gasteiger partial charge in [0, 0.05) is 13.3 Å². The Labute approximate surface area is 116 Å². The fourth-order valence-corrected chi connectivity index (χ4v) is 2.05. The first-order chi connectivity index (χ1) is 9.52. The number of amides is 1. The number of phenolic OH excluding ortho intramolecular Hbond substituents is 1. The highest BCUT2D eigenvalue weighted by molar-refractivity contribution is 6.06. The molecular weight excluding hydrogens is 260 g/mol. The highest BCUT2D eigenvalue weighted by atomic mass is 16.5. The Morgan fingerprint density at radius 3 is 2.60 bits per heavy atom. The standard InChI is InChI=1S/C14H16N2O4/c1-3-20-14(19)13-8-12(15-16(13)9(2)17)10-4-6-11(18)7-5-10/h4-7,13,18H,3,8H2,1-2H3. The van der Waals surface area contributed by atoms with Crippen LogP contribution in [-0.4, -0.2) is 40.4 Å². The summed E-state index contributed by atoms with van der Waals surface area (Å²) in [5, 5.41) is 14.6. The first kappa shape index (κ1) is 14.0. The highest BCUT2D eigenvalue weighted by Gasteiger charge is 2.36. The maximum atomic E-state index is 11.9. The summed E-state index contributed by atoms with van der Waals surface area (Å²) in [6.07, 6.45) is 0.309. The zero-order valence-electron chi connectivity index (χ0n) is 11.4. The van der Waals surface area contributed by atoms with Crippen LogP contribution < -0.4 is 0 Å². The largest absolute Gasteiger partial charge is 0.508 e. The molecule has 1 aromatic carbocycles. The van der Waals surface area contributed by atoms with Gasteiger partial charge >= 0.3 is 5.97 Å². The predicted octanol–water partition coefficient (Wildman–Crippen LogP) is 1.28. The fourth-order valence-electron chi connectivity index (χ4n) is 2.05. The van der Waals surface area contributed by atoms with Gasteiger partial charge in [0.05, 0.1) is 12.3 Å². The number of carbonyl (C=O) groups excluding carboxylic acids is 2. The maximum absolute atomic E-state index is 11.9. The Balaban J connectivity index is 2.24. The Kier molecular flexibility index (Phi) is 4.02. The predicted molar refractivity (Wildman–Crippen MR) is 72.2 cm³/mol. The van der Waals surface area contributed by atoms with Gasteiger partial charge in [0.2, 0.25) is 5.91 Å². The van der Waals surface area contributed by atoms with Gasteiger partial charge < -0.3 is 9.84 Å². The summed E-state index contributed by atoms with van der Waals surface area (Å²) in [7, 11) is 0. The minimum atomic E-state index is -0.712. The summed E-state index contributed by atoms with van der Waals surface area (Å²) in [5.41, 5.74) is 1.39. The van der Waals surface area contributed by atoms with Crippen molar-refractivity contribution in [2.24, 2.45) is 5.10 Å². The number of benzene rings is 1. The first-order valence-corrected chi connectivity index (χ1v) is 6.36. The number of ether oxygens (including phenoxy) is 1. The monoisotopic (exact) mass is 276 g/mol. The van der Waals surface area contributed by atoms with Gasteiger partial charge in [-0.2, -0.15) is 5.10 Å². The molecule has 1 unspecified atom stereocenters. The molecule has 2 rings (SSSR count). The number of hydrogen-bond acceptors (Lipinski definition) is 5. The third-order valence-electron chi connectivity index (χ3n) is 2.99. The van der Waals surface area contributed by atoms with Gasteiger partial charge in [-0.3, -0.25) is 4.79 Å². The van der Waals surface area contributed by atoms with Crippen molar-refractivity contribution in [1.29, 1.82) is 0 Å². The maximum Gasteiger partial charge on any atom is 0.331 e. The molecule has 1 heterocycles. The Hall–Kier alpha value is -2.37. The molecule has 0 fully saturated rings. The summed E-state index contributed by atoms with van der Waals surface area (Å²) < 4.78 is 4.96. The van der Waals surface area contributed by atoms with Crippen LogP contribution in [0.3, 0.4) is 0 Å². The molecule has 6 heteroatoms. The second-order valence-electron chi connectivity index (χ2n) is 4.43. The number of hydrazone groups is 1. The molecule has 6 nitrogen and oxygen atoms in total. The molecule has 1 aliphatic heterocycles. The molecule has 1 atom stereocenters. The van der Waals surface area contributed by atoms with Gasteiger partial charge in [-0.15, -0.1) is 0 Å². The summed E-state index contributed by atoms with van der Waals surface area (Å²) in [6, 6.07) is 5.75. The van der Waals surface area contributed by atoms with E-state index in [1.165, 1.54) is 19.1 Å². The minimum Gasteiger partial charge on any atom is -0.508 e. The molecule has 1 amide bonds. The average Bonchev–Trinajstić information content (AvgIpc) is 2.85. The van der Waals surface area contributed by atoms with Crippen LogP contribution in [-0.2, 0) is 14.3 Å². The number of esters is 1. The number of carbonyl (C=O) groups is 2. The van der Waals surface area contributed by atoms with Crippen LogP contribution in [0.2, 0.25) is 0 Å². The van der Waals surface area contributed by atoms with E-state index in [0.717, 1.165) is 10.6 Å². The normalized spacial score (nSPS) is 17.8. The zero-order valence-corrected chi connectivity index (χ0v) is 11.4. The smallest absolute Gasteiger partial charge is 0.331 e. The van der Waals surface area contributed by atoms with Crippen molar-refractivity contribution in [3.63, 3.8) is 0 Å². The minimum absolute atomic E-state index is 0.151. The lowest BCUT2D eigenvalue weighted by Crippen LogP contribution is -2.38. The lowest BCUT2D eigenvalue weighted by Gasteiger charge is -2.17. The molecule has 0 saturated heterocycles. The topological polar surface area (TPSA) is 79.2 Å². The molecule has 0 bridgehead atoms. The van der Waals surface area contributed by atoms with E-state index in [1.54, 1.807) is 19.1 Å². The van der Waals surface area contributed by atoms with Crippen molar-refractivity contribution < 1.29 is 19.4 Å². The van der Waals surface area contributed by atoms with Gasteiger partial charge in [-0.1, -0.05) is 0 Å². The molecule has 0 aromatic heterocycles. The second kappa shape index (κ2) is 5.73. The van der Waals surface area contributed by atoms with E-state index in [1.807, 2.05) is 0 Å². The van der Waals surface area contributed by atoms with E-state index >= 15 is 0 Å². The zero-order chi connectivity index (χ0) is 14.7. The first-order valence-electron chi connectivity index (χ1n) is 6.36. The number of rotatable bonds is 3. The fraction of sp³-hybridized carbons (Fsp3) is 0.357. The van der Waals surface area contributed by atoms with Crippen molar-refractivity contribution in [3.05, 3.63) is 29.8 Å². The van der Waals surface area contributed by atoms with Crippen LogP contribution in [0.1, 0.15) is 25.8 Å². The van der Waals surface area contributed by atoms with Crippen molar-refractivity contribution in [2.45, 2.75) is 26.3 Å². The van der Waals surface area contributed by atoms with E-state index < -0.39 is 12.0 Å². The quantitative estimate of drug-likeness (QED) is 0.843. The van der Waals surface area contributed by atoms with Crippen molar-refractivity contribution in [2.75, 3.05) is 6.61 Å². The van der Waals surface area contributed by atoms with Crippen LogP contribution in [0, 0.1) is 0 Å². The van der Waals surface area contributed by atoms with Crippen LogP contribution >= 0.6 is 0 Å². The number of nitrogens with zero attached hydrogens (tertiary/aromatic N) is 2. The third-order valence-corrected chi connectivity index (χ3v) is 2.99. The van der Waals surface area contributed by atoms with Gasteiger partial charge in [0.1, 0.15) is 5.75 Å². The molecule has 106 valence electrons. The molecule has 1 N–H and O–H groups in total. The van der Waals surface area contributed by atoms with Gasteiger partial charge in [-0.05, 0) is 36.8 Å². The summed E-state index contributed by atoms with van der Waals surface area (Å²) in [5.74, 6) is -0.616. The summed E-state index contributed by atoms with van der Waals surface area (Å²) in [6.45, 7) is 3.33. The van der Waals surface area contributed by atoms with Gasteiger partial charge in [0.15, 0.2) is 6.04 Å². The average molecular weight is 276 g/mol. The molecule has 0 spiro atoms. The lowest BCUT2D eigenvalue weighted by atomic mass is 10.0. The van der Waals surface area contributed by atoms with Crippen LogP contribution in [0.4, 0.5) is 0 Å². The molecule has 1 aromatic rings. The van der Waals surface area contributed by atoms with E-state index in [0.29, 0.717) is 12.1 Å². The van der Waals surface area contributed by atoms with Crippen LogP contribution in [0.15, 0.2) is 29.4 Å². The van der Waals surface area contributed by atoms with Crippen molar-refractivity contribution in [1.82, 2.24) is 5.01 Å². The SMILES string of the molecule is CCOC(=O)C1CC(c2ccc(O)cc2)=NN1C(C)=O. The highest BCUT2D eigenvalue weighted by Crippen LogP contribution is 2.22. The number of aromatic hydroxyl groups is 1. The van der Waals surface area contributed by atoms with E-state index in [-0.39, 0.29) is 18.3 Å². The van der Waals surface area contributed by atoms with Gasteiger partial charge in [-0.25, -0.2) is 9.80 Å². The molecule has 0 aliphatic carbocycles. The number of hydrogen-bond donors (Lipinski definition) is 1.